The van der Waals surface area contributed by atoms with Gasteiger partial charge in [0, 0.05) is 0 Å². The van der Waals surface area contributed by atoms with Crippen LogP contribution in [-0.4, -0.2) is 36.2 Å². The van der Waals surface area contributed by atoms with Crippen LogP contribution in [-0.2, 0) is 27.2 Å². The molecule has 8 nitrogen and oxygen atoms in total. The molecular formula is C32H70O8P2. The Hall–Kier alpha value is 0.220. The number of phosphoric ester groups is 2. The second kappa shape index (κ2) is 34.1. The van der Waals surface area contributed by atoms with Crippen molar-refractivity contribution in [2.75, 3.05) is 26.4 Å². The Morgan fingerprint density at radius 1 is 0.333 bits per heavy atom. The van der Waals surface area contributed by atoms with Crippen molar-refractivity contribution >= 4 is 15.6 Å². The van der Waals surface area contributed by atoms with Gasteiger partial charge in [-0.2, -0.15) is 0 Å². The van der Waals surface area contributed by atoms with Crippen molar-refractivity contribution in [2.45, 2.75) is 182 Å². The molecule has 0 fully saturated rings. The zero-order valence-corrected chi connectivity index (χ0v) is 29.8. The molecule has 0 rings (SSSR count). The molecule has 0 aromatic rings. The molecule has 0 radical (unpaired) electrons. The van der Waals surface area contributed by atoms with Crippen LogP contribution < -0.4 is 0 Å². The maximum Gasteiger partial charge on any atom is 0.472 e. The van der Waals surface area contributed by atoms with Gasteiger partial charge in [0.1, 0.15) is 0 Å². The fourth-order valence-electron chi connectivity index (χ4n) is 4.26. The number of rotatable bonds is 32. The van der Waals surface area contributed by atoms with Gasteiger partial charge in [0.25, 0.3) is 0 Å². The summed E-state index contributed by atoms with van der Waals surface area (Å²) in [4.78, 5) is 18.8. The van der Waals surface area contributed by atoms with E-state index in [1.165, 1.54) is 103 Å². The van der Waals surface area contributed by atoms with Crippen LogP contribution >= 0.6 is 15.6 Å². The first-order valence-corrected chi connectivity index (χ1v) is 20.5. The van der Waals surface area contributed by atoms with Crippen LogP contribution in [0.4, 0.5) is 0 Å². The summed E-state index contributed by atoms with van der Waals surface area (Å²) < 4.78 is 42.5. The van der Waals surface area contributed by atoms with Gasteiger partial charge in [0.05, 0.1) is 26.4 Å². The molecule has 0 saturated carbocycles. The third-order valence-corrected chi connectivity index (χ3v) is 9.04. The summed E-state index contributed by atoms with van der Waals surface area (Å²) in [5.41, 5.74) is 0. The van der Waals surface area contributed by atoms with E-state index in [0.717, 1.165) is 51.4 Å². The van der Waals surface area contributed by atoms with E-state index in [1.807, 2.05) is 13.8 Å². The van der Waals surface area contributed by atoms with E-state index in [1.54, 1.807) is 0 Å². The highest BCUT2D eigenvalue weighted by Crippen LogP contribution is 2.44. The highest BCUT2D eigenvalue weighted by Gasteiger charge is 2.20. The summed E-state index contributed by atoms with van der Waals surface area (Å²) in [6, 6.07) is 0. The second-order valence-electron chi connectivity index (χ2n) is 11.3. The quantitative estimate of drug-likeness (QED) is 0.0549. The molecule has 0 aliphatic rings. The predicted molar refractivity (Wildman–Crippen MR) is 177 cm³/mol. The highest BCUT2D eigenvalue weighted by molar-refractivity contribution is 7.47. The van der Waals surface area contributed by atoms with Gasteiger partial charge in [-0.1, -0.05) is 156 Å². The van der Waals surface area contributed by atoms with Crippen molar-refractivity contribution < 1.29 is 37.0 Å². The van der Waals surface area contributed by atoms with Crippen LogP contribution in [0.15, 0.2) is 0 Å². The number of phosphoric acid groups is 2. The van der Waals surface area contributed by atoms with E-state index in [0.29, 0.717) is 13.2 Å². The van der Waals surface area contributed by atoms with Gasteiger partial charge >= 0.3 is 15.6 Å². The molecule has 0 aliphatic carbocycles. The Morgan fingerprint density at radius 3 is 0.762 bits per heavy atom. The largest absolute Gasteiger partial charge is 0.472 e. The van der Waals surface area contributed by atoms with E-state index in [9.17, 15) is 14.0 Å². The molecule has 0 atom stereocenters. The maximum atomic E-state index is 11.8. The average Bonchev–Trinajstić information content (AvgIpc) is 2.95. The summed E-state index contributed by atoms with van der Waals surface area (Å²) in [7, 11) is -7.60. The fraction of sp³-hybridized carbons (Fsp3) is 1.00. The van der Waals surface area contributed by atoms with Gasteiger partial charge in [0.2, 0.25) is 0 Å². The summed E-state index contributed by atoms with van der Waals surface area (Å²) in [5.74, 6) is 0. The summed E-state index contributed by atoms with van der Waals surface area (Å²) in [6.45, 7) is 9.69. The molecule has 0 bridgehead atoms. The van der Waals surface area contributed by atoms with Crippen LogP contribution in [0.25, 0.3) is 0 Å². The molecule has 0 aliphatic heterocycles. The highest BCUT2D eigenvalue weighted by atomic mass is 31.2. The topological polar surface area (TPSA) is 112 Å². The molecule has 0 aromatic carbocycles. The van der Waals surface area contributed by atoms with Crippen molar-refractivity contribution in [3.8, 4) is 0 Å². The van der Waals surface area contributed by atoms with Gasteiger partial charge in [-0.05, 0) is 25.7 Å². The van der Waals surface area contributed by atoms with Crippen molar-refractivity contribution in [3.05, 3.63) is 0 Å². The molecule has 0 spiro atoms. The smallest absolute Gasteiger partial charge is 0.302 e. The first-order chi connectivity index (χ1) is 20.2. The average molecular weight is 645 g/mol. The van der Waals surface area contributed by atoms with Crippen molar-refractivity contribution in [1.29, 1.82) is 0 Å². The zero-order chi connectivity index (χ0) is 31.6. The van der Waals surface area contributed by atoms with Gasteiger partial charge in [-0.3, -0.25) is 18.1 Å². The van der Waals surface area contributed by atoms with Crippen molar-refractivity contribution in [1.82, 2.24) is 0 Å². The molecule has 42 heavy (non-hydrogen) atoms. The Bertz CT molecular complexity index is 577. The van der Waals surface area contributed by atoms with E-state index >= 15 is 0 Å². The minimum Gasteiger partial charge on any atom is -0.302 e. The molecule has 10 heteroatoms. The molecule has 0 aromatic heterocycles. The standard InChI is InChI=1S/C24H51O4P.C8H19O4P/c1-3-5-7-9-11-13-15-17-19-21-23-27-29(25,26)28-24-22-20-18-16-14-12-10-8-6-4-2;1-3-5-7-11-13(9,10)12-8-6-4-2/h3-24H2,1-2H3,(H,25,26);3-8H2,1-2H3,(H,9,10). The Morgan fingerprint density at radius 2 is 0.524 bits per heavy atom. The zero-order valence-electron chi connectivity index (χ0n) is 28.0. The fourth-order valence-corrected chi connectivity index (χ4v) is 5.85. The van der Waals surface area contributed by atoms with Crippen LogP contribution in [0, 0.1) is 0 Å². The normalized spacial score (nSPS) is 12.0. The van der Waals surface area contributed by atoms with E-state index in [-0.39, 0.29) is 13.2 Å². The predicted octanol–water partition coefficient (Wildman–Crippen LogP) is 11.7. The van der Waals surface area contributed by atoms with E-state index in [4.69, 9.17) is 23.0 Å². The van der Waals surface area contributed by atoms with Gasteiger partial charge < -0.3 is 9.79 Å². The maximum absolute atomic E-state index is 11.8. The van der Waals surface area contributed by atoms with Gasteiger partial charge in [-0.15, -0.1) is 0 Å². The molecule has 0 heterocycles. The third kappa shape index (κ3) is 38.2. The van der Waals surface area contributed by atoms with Gasteiger partial charge in [-0.25, -0.2) is 9.13 Å². The number of hydrogen-bond donors (Lipinski definition) is 2. The van der Waals surface area contributed by atoms with Crippen LogP contribution in [0.5, 0.6) is 0 Å². The van der Waals surface area contributed by atoms with E-state index in [2.05, 4.69) is 13.8 Å². The Labute approximate surface area is 260 Å². The Balaban J connectivity index is 0. The van der Waals surface area contributed by atoms with E-state index < -0.39 is 15.6 Å². The minimum atomic E-state index is -3.85. The molecule has 2 N–H and O–H groups in total. The lowest BCUT2D eigenvalue weighted by molar-refractivity contribution is 0.144. The molecular weight excluding hydrogens is 574 g/mol. The van der Waals surface area contributed by atoms with Crippen LogP contribution in [0.1, 0.15) is 182 Å². The lowest BCUT2D eigenvalue weighted by atomic mass is 10.1. The first kappa shape index (κ1) is 44.3. The van der Waals surface area contributed by atoms with Crippen molar-refractivity contribution in [3.63, 3.8) is 0 Å². The van der Waals surface area contributed by atoms with Gasteiger partial charge in [0.15, 0.2) is 0 Å². The molecule has 0 amide bonds. The summed E-state index contributed by atoms with van der Waals surface area (Å²) in [5, 5.41) is 0. The lowest BCUT2D eigenvalue weighted by Crippen LogP contribution is -1.99. The second-order valence-corrected chi connectivity index (χ2v) is 14.2. The molecule has 0 unspecified atom stereocenters. The number of hydrogen-bond acceptors (Lipinski definition) is 6. The summed E-state index contributed by atoms with van der Waals surface area (Å²) >= 11 is 0. The SMILES string of the molecule is CCCCCCCCCCCCOP(=O)(O)OCCCCCCCCCCCC.CCCCOP(=O)(O)OCCCC. The lowest BCUT2D eigenvalue weighted by Gasteiger charge is -2.12. The van der Waals surface area contributed by atoms with Crippen molar-refractivity contribution in [2.24, 2.45) is 0 Å². The van der Waals surface area contributed by atoms with Crippen LogP contribution in [0.3, 0.4) is 0 Å². The Kier molecular flexibility index (Phi) is 36.0. The molecule has 256 valence electrons. The molecule has 0 saturated heterocycles. The van der Waals surface area contributed by atoms with Crippen LogP contribution in [0.2, 0.25) is 0 Å². The minimum absolute atomic E-state index is 0.288. The first-order valence-electron chi connectivity index (χ1n) is 17.5. The third-order valence-electron chi connectivity index (χ3n) is 7.01. The monoisotopic (exact) mass is 644 g/mol. The number of unbranched alkanes of at least 4 members (excludes halogenated alkanes) is 20. The summed E-state index contributed by atoms with van der Waals surface area (Å²) in [6.07, 6.45) is 28.2.